The molecule has 3 nitrogen and oxygen atoms in total. The number of anilines is 1. The van der Waals surface area contributed by atoms with Crippen LogP contribution in [0.5, 0.6) is 0 Å². The second kappa shape index (κ2) is 6.48. The summed E-state index contributed by atoms with van der Waals surface area (Å²) in [4.78, 5) is 12.0. The number of carboxylic acids is 1. The van der Waals surface area contributed by atoms with Crippen LogP contribution in [0.2, 0.25) is 0 Å². The van der Waals surface area contributed by atoms with Crippen molar-refractivity contribution in [1.29, 1.82) is 0 Å². The van der Waals surface area contributed by atoms with Crippen LogP contribution in [0.4, 0.5) is 5.69 Å². The van der Waals surface area contributed by atoms with Crippen LogP contribution >= 0.6 is 11.8 Å². The Balaban J connectivity index is 2.10. The largest absolute Gasteiger partial charge is 0.481 e. The van der Waals surface area contributed by atoms with Crippen molar-refractivity contribution in [3.8, 4) is 0 Å². The van der Waals surface area contributed by atoms with Gasteiger partial charge >= 0.3 is 5.97 Å². The van der Waals surface area contributed by atoms with E-state index in [4.69, 9.17) is 10.8 Å². The number of hydrogen-bond donors (Lipinski definition) is 2. The molecular weight excluding hydrogens is 270 g/mol. The Kier molecular flexibility index (Phi) is 4.69. The van der Waals surface area contributed by atoms with E-state index in [-0.39, 0.29) is 6.42 Å². The minimum atomic E-state index is -0.800. The maximum absolute atomic E-state index is 10.9. The molecule has 0 bridgehead atoms. The predicted octanol–water partition coefficient (Wildman–Crippen LogP) is 3.50. The van der Waals surface area contributed by atoms with Crippen LogP contribution in [-0.4, -0.2) is 11.1 Å². The Hall–Kier alpha value is -1.94. The van der Waals surface area contributed by atoms with Gasteiger partial charge in [0, 0.05) is 16.3 Å². The third kappa shape index (κ3) is 3.78. The van der Waals surface area contributed by atoms with Gasteiger partial charge in [-0.05, 0) is 41.8 Å². The summed E-state index contributed by atoms with van der Waals surface area (Å²) in [5.74, 6) is -0.0434. The normalized spacial score (nSPS) is 10.4. The van der Waals surface area contributed by atoms with Gasteiger partial charge in [-0.1, -0.05) is 24.3 Å². The first-order valence-electron chi connectivity index (χ1n) is 6.34. The van der Waals surface area contributed by atoms with Gasteiger partial charge in [-0.15, -0.1) is 11.8 Å². The molecule has 4 heteroatoms. The topological polar surface area (TPSA) is 63.3 Å². The van der Waals surface area contributed by atoms with Gasteiger partial charge in [0.2, 0.25) is 0 Å². The summed E-state index contributed by atoms with van der Waals surface area (Å²) in [7, 11) is 0. The van der Waals surface area contributed by atoms with E-state index in [0.29, 0.717) is 0 Å². The van der Waals surface area contributed by atoms with Gasteiger partial charge in [-0.3, -0.25) is 4.79 Å². The van der Waals surface area contributed by atoms with E-state index in [0.717, 1.165) is 33.0 Å². The summed E-state index contributed by atoms with van der Waals surface area (Å²) in [5.41, 5.74) is 9.60. The number of rotatable bonds is 5. The first kappa shape index (κ1) is 14.5. The van der Waals surface area contributed by atoms with Crippen LogP contribution in [0, 0.1) is 6.92 Å². The van der Waals surface area contributed by atoms with Crippen molar-refractivity contribution in [2.24, 2.45) is 0 Å². The molecule has 20 heavy (non-hydrogen) atoms. The van der Waals surface area contributed by atoms with Crippen molar-refractivity contribution in [3.05, 3.63) is 59.2 Å². The lowest BCUT2D eigenvalue weighted by Gasteiger charge is -2.08. The number of hydrogen-bond acceptors (Lipinski definition) is 3. The first-order valence-corrected chi connectivity index (χ1v) is 7.32. The first-order chi connectivity index (χ1) is 9.56. The highest BCUT2D eigenvalue weighted by molar-refractivity contribution is 7.98. The SMILES string of the molecule is Cc1cc(SCc2ccccc2CC(=O)O)ccc1N. The van der Waals surface area contributed by atoms with E-state index in [9.17, 15) is 4.79 Å². The van der Waals surface area contributed by atoms with Crippen molar-refractivity contribution in [3.63, 3.8) is 0 Å². The van der Waals surface area contributed by atoms with E-state index in [1.54, 1.807) is 11.8 Å². The zero-order chi connectivity index (χ0) is 14.5. The number of aliphatic carboxylic acids is 1. The average molecular weight is 287 g/mol. The van der Waals surface area contributed by atoms with Crippen molar-refractivity contribution >= 4 is 23.4 Å². The van der Waals surface area contributed by atoms with Crippen LogP contribution < -0.4 is 5.73 Å². The molecule has 0 fully saturated rings. The number of carbonyl (C=O) groups is 1. The van der Waals surface area contributed by atoms with Gasteiger partial charge in [0.25, 0.3) is 0 Å². The summed E-state index contributed by atoms with van der Waals surface area (Å²) < 4.78 is 0. The van der Waals surface area contributed by atoms with E-state index in [1.165, 1.54) is 0 Å². The zero-order valence-corrected chi connectivity index (χ0v) is 12.1. The van der Waals surface area contributed by atoms with Gasteiger partial charge in [0.15, 0.2) is 0 Å². The van der Waals surface area contributed by atoms with Crippen molar-refractivity contribution < 1.29 is 9.90 Å². The third-order valence-corrected chi connectivity index (χ3v) is 4.14. The Labute approximate surface area is 122 Å². The van der Waals surface area contributed by atoms with E-state index < -0.39 is 5.97 Å². The van der Waals surface area contributed by atoms with E-state index in [1.807, 2.05) is 43.3 Å². The molecular formula is C16H17NO2S. The molecule has 0 aliphatic carbocycles. The predicted molar refractivity (Wildman–Crippen MR) is 82.9 cm³/mol. The minimum absolute atomic E-state index is 0.0670. The fourth-order valence-corrected chi connectivity index (χ4v) is 2.96. The summed E-state index contributed by atoms with van der Waals surface area (Å²) >= 11 is 1.69. The van der Waals surface area contributed by atoms with E-state index >= 15 is 0 Å². The van der Waals surface area contributed by atoms with Crippen molar-refractivity contribution in [2.45, 2.75) is 24.0 Å². The molecule has 2 aromatic carbocycles. The molecule has 0 aliphatic rings. The number of thioether (sulfide) groups is 1. The summed E-state index contributed by atoms with van der Waals surface area (Å²) in [5, 5.41) is 8.92. The Bertz CT molecular complexity index is 626. The summed E-state index contributed by atoms with van der Waals surface area (Å²) in [6, 6.07) is 13.6. The standard InChI is InChI=1S/C16H17NO2S/c1-11-8-14(6-7-15(11)17)20-10-13-5-3-2-4-12(13)9-16(18)19/h2-8H,9-10,17H2,1H3,(H,18,19). The van der Waals surface area contributed by atoms with Gasteiger partial charge in [-0.2, -0.15) is 0 Å². The molecule has 0 spiro atoms. The minimum Gasteiger partial charge on any atom is -0.481 e. The molecule has 104 valence electrons. The van der Waals surface area contributed by atoms with Crippen LogP contribution in [0.1, 0.15) is 16.7 Å². The molecule has 0 radical (unpaired) electrons. The smallest absolute Gasteiger partial charge is 0.307 e. The second-order valence-corrected chi connectivity index (χ2v) is 5.70. The fourth-order valence-electron chi connectivity index (χ4n) is 1.93. The highest BCUT2D eigenvalue weighted by Gasteiger charge is 2.07. The van der Waals surface area contributed by atoms with E-state index in [2.05, 4.69) is 6.07 Å². The fraction of sp³-hybridized carbons (Fsp3) is 0.188. The van der Waals surface area contributed by atoms with Crippen molar-refractivity contribution in [2.75, 3.05) is 5.73 Å². The molecule has 0 aromatic heterocycles. The lowest BCUT2D eigenvalue weighted by molar-refractivity contribution is -0.136. The molecule has 0 saturated carbocycles. The highest BCUT2D eigenvalue weighted by Crippen LogP contribution is 2.27. The molecule has 0 unspecified atom stereocenters. The van der Waals surface area contributed by atoms with Crippen LogP contribution in [-0.2, 0) is 17.0 Å². The van der Waals surface area contributed by atoms with Gasteiger partial charge in [0.1, 0.15) is 0 Å². The Morgan fingerprint density at radius 3 is 2.55 bits per heavy atom. The summed E-state index contributed by atoms with van der Waals surface area (Å²) in [6.07, 6.45) is 0.0670. The number of nitrogens with two attached hydrogens (primary N) is 1. The van der Waals surface area contributed by atoms with Crippen molar-refractivity contribution in [1.82, 2.24) is 0 Å². The molecule has 0 saturated heterocycles. The maximum atomic E-state index is 10.9. The zero-order valence-electron chi connectivity index (χ0n) is 11.3. The third-order valence-electron chi connectivity index (χ3n) is 3.10. The lowest BCUT2D eigenvalue weighted by Crippen LogP contribution is -2.02. The number of aryl methyl sites for hydroxylation is 1. The second-order valence-electron chi connectivity index (χ2n) is 4.65. The molecule has 0 atom stereocenters. The molecule has 0 aliphatic heterocycles. The number of nitrogen functional groups attached to an aromatic ring is 1. The van der Waals surface area contributed by atoms with Gasteiger partial charge < -0.3 is 10.8 Å². The van der Waals surface area contributed by atoms with Crippen LogP contribution in [0.25, 0.3) is 0 Å². The van der Waals surface area contributed by atoms with Crippen LogP contribution in [0.3, 0.4) is 0 Å². The monoisotopic (exact) mass is 287 g/mol. The Morgan fingerprint density at radius 2 is 1.90 bits per heavy atom. The number of carboxylic acid groups (broad SMARTS) is 1. The van der Waals surface area contributed by atoms with Crippen LogP contribution in [0.15, 0.2) is 47.4 Å². The Morgan fingerprint density at radius 1 is 1.20 bits per heavy atom. The quantitative estimate of drug-likeness (QED) is 0.652. The molecule has 2 aromatic rings. The number of benzene rings is 2. The highest BCUT2D eigenvalue weighted by atomic mass is 32.2. The van der Waals surface area contributed by atoms with Gasteiger partial charge in [0.05, 0.1) is 6.42 Å². The summed E-state index contributed by atoms with van der Waals surface area (Å²) in [6.45, 7) is 1.98. The average Bonchev–Trinajstić information content (AvgIpc) is 2.41. The molecule has 0 amide bonds. The molecule has 3 N–H and O–H groups in total. The lowest BCUT2D eigenvalue weighted by atomic mass is 10.1. The van der Waals surface area contributed by atoms with Gasteiger partial charge in [-0.25, -0.2) is 0 Å². The molecule has 2 rings (SSSR count). The molecule has 0 heterocycles. The maximum Gasteiger partial charge on any atom is 0.307 e.